The van der Waals surface area contributed by atoms with Crippen molar-refractivity contribution in [2.45, 2.75) is 13.0 Å². The zero-order valence-corrected chi connectivity index (χ0v) is 16.4. The first-order valence-electron chi connectivity index (χ1n) is 8.36. The van der Waals surface area contributed by atoms with Crippen LogP contribution in [0.2, 0.25) is 5.02 Å². The van der Waals surface area contributed by atoms with Gasteiger partial charge in [-0.15, -0.1) is 0 Å². The van der Waals surface area contributed by atoms with Crippen LogP contribution in [0.15, 0.2) is 42.5 Å². The van der Waals surface area contributed by atoms with Gasteiger partial charge in [0.25, 0.3) is 11.6 Å². The highest BCUT2D eigenvalue weighted by Crippen LogP contribution is 2.28. The van der Waals surface area contributed by atoms with E-state index in [0.717, 1.165) is 11.6 Å². The standard InChI is InChI=1S/C19H20ClN3O5/c1-12(13-5-4-6-15(20)9-13)21-18(24)11-28-19(25)14-7-8-16(22(2)3)17(10-14)23(26)27/h4-10,12H,11H2,1-3H3,(H,21,24)/t12-/m0/s1. The van der Waals surface area contributed by atoms with E-state index in [4.69, 9.17) is 16.3 Å². The molecule has 0 bridgehead atoms. The van der Waals surface area contributed by atoms with Crippen molar-refractivity contribution in [1.82, 2.24) is 5.32 Å². The average molecular weight is 406 g/mol. The van der Waals surface area contributed by atoms with Crippen LogP contribution in [0.5, 0.6) is 0 Å². The Balaban J connectivity index is 1.98. The van der Waals surface area contributed by atoms with Crippen molar-refractivity contribution in [3.63, 3.8) is 0 Å². The first kappa shape index (κ1) is 21.2. The molecule has 148 valence electrons. The monoisotopic (exact) mass is 405 g/mol. The molecule has 1 N–H and O–H groups in total. The molecule has 0 spiro atoms. The lowest BCUT2D eigenvalue weighted by molar-refractivity contribution is -0.384. The normalized spacial score (nSPS) is 11.4. The van der Waals surface area contributed by atoms with Crippen molar-refractivity contribution in [1.29, 1.82) is 0 Å². The Morgan fingerprint density at radius 3 is 2.57 bits per heavy atom. The number of rotatable bonds is 7. The fourth-order valence-electron chi connectivity index (χ4n) is 2.53. The van der Waals surface area contributed by atoms with Gasteiger partial charge in [0.1, 0.15) is 5.69 Å². The number of esters is 1. The van der Waals surface area contributed by atoms with Gasteiger partial charge in [0, 0.05) is 25.2 Å². The molecule has 28 heavy (non-hydrogen) atoms. The molecule has 0 heterocycles. The van der Waals surface area contributed by atoms with Gasteiger partial charge in [-0.2, -0.15) is 0 Å². The number of carbonyl (C=O) groups is 2. The number of amides is 1. The van der Waals surface area contributed by atoms with Crippen molar-refractivity contribution in [2.75, 3.05) is 25.6 Å². The second kappa shape index (κ2) is 9.18. The predicted octanol–water partition coefficient (Wildman–Crippen LogP) is 3.35. The van der Waals surface area contributed by atoms with E-state index in [-0.39, 0.29) is 17.3 Å². The van der Waals surface area contributed by atoms with Gasteiger partial charge >= 0.3 is 5.97 Å². The maximum absolute atomic E-state index is 12.1. The van der Waals surface area contributed by atoms with E-state index in [9.17, 15) is 19.7 Å². The number of nitro benzene ring substituents is 1. The molecule has 9 heteroatoms. The Bertz CT molecular complexity index is 901. The molecule has 8 nitrogen and oxygen atoms in total. The Hall–Kier alpha value is -3.13. The van der Waals surface area contributed by atoms with Crippen LogP contribution in [-0.2, 0) is 9.53 Å². The molecule has 0 aliphatic carbocycles. The molecule has 0 fully saturated rings. The maximum Gasteiger partial charge on any atom is 0.338 e. The van der Waals surface area contributed by atoms with Gasteiger partial charge in [-0.3, -0.25) is 14.9 Å². The topological polar surface area (TPSA) is 102 Å². The molecule has 0 saturated heterocycles. The molecule has 2 aromatic carbocycles. The third-order valence-corrected chi connectivity index (χ3v) is 4.19. The minimum atomic E-state index is -0.820. The van der Waals surface area contributed by atoms with E-state index in [0.29, 0.717) is 10.7 Å². The third kappa shape index (κ3) is 5.43. The van der Waals surface area contributed by atoms with E-state index in [2.05, 4.69) is 5.32 Å². The van der Waals surface area contributed by atoms with Crippen molar-refractivity contribution in [2.24, 2.45) is 0 Å². The van der Waals surface area contributed by atoms with Crippen molar-refractivity contribution in [3.8, 4) is 0 Å². The van der Waals surface area contributed by atoms with Gasteiger partial charge in [0.2, 0.25) is 0 Å². The maximum atomic E-state index is 12.1. The highest BCUT2D eigenvalue weighted by molar-refractivity contribution is 6.30. The Labute approximate surface area is 167 Å². The minimum Gasteiger partial charge on any atom is -0.452 e. The highest BCUT2D eigenvalue weighted by atomic mass is 35.5. The van der Waals surface area contributed by atoms with E-state index in [1.165, 1.54) is 12.1 Å². The lowest BCUT2D eigenvalue weighted by Gasteiger charge is -2.15. The van der Waals surface area contributed by atoms with Crippen LogP contribution in [-0.4, -0.2) is 37.5 Å². The summed E-state index contributed by atoms with van der Waals surface area (Å²) in [6.07, 6.45) is 0. The highest BCUT2D eigenvalue weighted by Gasteiger charge is 2.20. The smallest absolute Gasteiger partial charge is 0.338 e. The number of nitrogens with one attached hydrogen (secondary N) is 1. The molecule has 2 rings (SSSR count). The Morgan fingerprint density at radius 1 is 1.25 bits per heavy atom. The van der Waals surface area contributed by atoms with Crippen molar-refractivity contribution in [3.05, 3.63) is 68.7 Å². The number of ether oxygens (including phenoxy) is 1. The number of anilines is 1. The Kier molecular flexibility index (Phi) is 6.94. The van der Waals surface area contributed by atoms with Crippen LogP contribution in [0.4, 0.5) is 11.4 Å². The zero-order chi connectivity index (χ0) is 20.8. The zero-order valence-electron chi connectivity index (χ0n) is 15.6. The van der Waals surface area contributed by atoms with Crippen molar-refractivity contribution < 1.29 is 19.2 Å². The first-order valence-corrected chi connectivity index (χ1v) is 8.74. The largest absolute Gasteiger partial charge is 0.452 e. The van der Waals surface area contributed by atoms with E-state index >= 15 is 0 Å². The molecule has 0 aliphatic heterocycles. The predicted molar refractivity (Wildman–Crippen MR) is 106 cm³/mol. The number of carbonyl (C=O) groups excluding carboxylic acids is 2. The first-order chi connectivity index (χ1) is 13.2. The SMILES string of the molecule is C[C@H](NC(=O)COC(=O)c1ccc(N(C)C)c([N+](=O)[O-])c1)c1cccc(Cl)c1. The van der Waals surface area contributed by atoms with Crippen LogP contribution in [0, 0.1) is 10.1 Å². The van der Waals surface area contributed by atoms with E-state index < -0.39 is 23.4 Å². The van der Waals surface area contributed by atoms with Gasteiger partial charge in [0.15, 0.2) is 6.61 Å². The van der Waals surface area contributed by atoms with E-state index in [1.807, 2.05) is 6.07 Å². The van der Waals surface area contributed by atoms with Crippen molar-refractivity contribution >= 4 is 34.9 Å². The molecule has 0 saturated carbocycles. The van der Waals surface area contributed by atoms with Crippen LogP contribution in [0.25, 0.3) is 0 Å². The van der Waals surface area contributed by atoms with Crippen LogP contribution in [0.3, 0.4) is 0 Å². The number of benzene rings is 2. The summed E-state index contributed by atoms with van der Waals surface area (Å²) in [5, 5.41) is 14.4. The van der Waals surface area contributed by atoms with Gasteiger partial charge in [-0.05, 0) is 36.8 Å². The summed E-state index contributed by atoms with van der Waals surface area (Å²) in [6, 6.07) is 10.7. The van der Waals surface area contributed by atoms with Gasteiger partial charge in [-0.25, -0.2) is 4.79 Å². The minimum absolute atomic E-state index is 0.00649. The number of nitro groups is 1. The van der Waals surface area contributed by atoms with Gasteiger partial charge in [0.05, 0.1) is 16.5 Å². The fraction of sp³-hybridized carbons (Fsp3) is 0.263. The number of hydrogen-bond acceptors (Lipinski definition) is 6. The third-order valence-electron chi connectivity index (χ3n) is 3.95. The molecule has 1 atom stereocenters. The quantitative estimate of drug-likeness (QED) is 0.430. The molecule has 0 radical (unpaired) electrons. The summed E-state index contributed by atoms with van der Waals surface area (Å²) in [4.78, 5) is 36.4. The van der Waals surface area contributed by atoms with Gasteiger partial charge in [-0.1, -0.05) is 23.7 Å². The lowest BCUT2D eigenvalue weighted by atomic mass is 10.1. The summed E-state index contributed by atoms with van der Waals surface area (Å²) >= 11 is 5.93. The van der Waals surface area contributed by atoms with Crippen LogP contribution in [0.1, 0.15) is 28.9 Å². The summed E-state index contributed by atoms with van der Waals surface area (Å²) in [5.74, 6) is -1.32. The molecule has 0 unspecified atom stereocenters. The molecular weight excluding hydrogens is 386 g/mol. The molecule has 1 amide bonds. The summed E-state index contributed by atoms with van der Waals surface area (Å²) in [5.41, 5.74) is 0.934. The van der Waals surface area contributed by atoms with Gasteiger partial charge < -0.3 is 15.0 Å². The summed E-state index contributed by atoms with van der Waals surface area (Å²) in [7, 11) is 3.32. The molecule has 0 aliphatic rings. The Morgan fingerprint density at radius 2 is 1.96 bits per heavy atom. The average Bonchev–Trinajstić information content (AvgIpc) is 2.65. The molecular formula is C19H20ClN3O5. The summed E-state index contributed by atoms with van der Waals surface area (Å²) in [6.45, 7) is 1.27. The fourth-order valence-corrected chi connectivity index (χ4v) is 2.73. The summed E-state index contributed by atoms with van der Waals surface area (Å²) < 4.78 is 4.97. The second-order valence-corrected chi connectivity index (χ2v) is 6.71. The van der Waals surface area contributed by atoms with E-state index in [1.54, 1.807) is 44.1 Å². The lowest BCUT2D eigenvalue weighted by Crippen LogP contribution is -2.31. The second-order valence-electron chi connectivity index (χ2n) is 6.28. The van der Waals surface area contributed by atoms with Crippen LogP contribution >= 0.6 is 11.6 Å². The molecule has 2 aromatic rings. The number of halogens is 1. The van der Waals surface area contributed by atoms with Crippen LogP contribution < -0.4 is 10.2 Å². The number of nitrogens with zero attached hydrogens (tertiary/aromatic N) is 2. The number of hydrogen-bond donors (Lipinski definition) is 1. The molecule has 0 aromatic heterocycles.